The lowest BCUT2D eigenvalue weighted by Crippen LogP contribution is -2.29. The van der Waals surface area contributed by atoms with Crippen LogP contribution in [0.5, 0.6) is 0 Å². The van der Waals surface area contributed by atoms with Crippen molar-refractivity contribution in [1.29, 1.82) is 0 Å². The smallest absolute Gasteiger partial charge is 0.262 e. The van der Waals surface area contributed by atoms with E-state index in [1.807, 2.05) is 31.2 Å². The Hall–Kier alpha value is -3.13. The molecule has 0 saturated carbocycles. The van der Waals surface area contributed by atoms with Crippen LogP contribution in [0, 0.1) is 6.92 Å². The fraction of sp³-hybridized carbons (Fsp3) is 0.200. The minimum Gasteiger partial charge on any atom is -0.358 e. The fourth-order valence-corrected chi connectivity index (χ4v) is 4.48. The third-order valence-electron chi connectivity index (χ3n) is 4.65. The van der Waals surface area contributed by atoms with Crippen LogP contribution in [0.15, 0.2) is 58.4 Å². The van der Waals surface area contributed by atoms with E-state index in [2.05, 4.69) is 20.0 Å². The SMILES string of the molecule is Cc1[nH]c2ccccc2c1C(=O)Nc1cccc(S(=O)(=O)NC2=NCCC2)c1. The number of nitrogens with zero attached hydrogens (tertiary/aromatic N) is 1. The summed E-state index contributed by atoms with van der Waals surface area (Å²) in [6.07, 6.45) is 1.47. The van der Waals surface area contributed by atoms with Gasteiger partial charge in [0.2, 0.25) is 0 Å². The van der Waals surface area contributed by atoms with Gasteiger partial charge in [0.05, 0.1) is 10.5 Å². The van der Waals surface area contributed by atoms with Crippen molar-refractivity contribution >= 4 is 38.4 Å². The number of aliphatic imine (C=N–C) groups is 1. The number of carbonyl (C=O) groups is 1. The lowest BCUT2D eigenvalue weighted by molar-refractivity contribution is 0.102. The Morgan fingerprint density at radius 1 is 1.14 bits per heavy atom. The average Bonchev–Trinajstić information content (AvgIpc) is 3.27. The maximum Gasteiger partial charge on any atom is 0.262 e. The highest BCUT2D eigenvalue weighted by molar-refractivity contribution is 7.90. The van der Waals surface area contributed by atoms with Crippen LogP contribution in [0.3, 0.4) is 0 Å². The Bertz CT molecular complexity index is 1200. The van der Waals surface area contributed by atoms with E-state index in [-0.39, 0.29) is 10.8 Å². The molecule has 0 atom stereocenters. The van der Waals surface area contributed by atoms with E-state index in [9.17, 15) is 13.2 Å². The standard InChI is InChI=1S/C20H20N4O3S/c1-13-19(16-8-2-3-9-17(16)22-13)20(25)23-14-6-4-7-15(12-14)28(26,27)24-18-10-5-11-21-18/h2-4,6-9,12,22H,5,10-11H2,1H3,(H,21,24)(H,23,25). The number of nitrogens with one attached hydrogen (secondary N) is 3. The maximum atomic E-state index is 12.8. The molecule has 0 saturated heterocycles. The van der Waals surface area contributed by atoms with E-state index in [1.165, 1.54) is 12.1 Å². The number of carbonyl (C=O) groups excluding carboxylic acids is 1. The van der Waals surface area contributed by atoms with E-state index in [0.29, 0.717) is 30.1 Å². The molecule has 7 nitrogen and oxygen atoms in total. The number of H-pyrrole nitrogens is 1. The molecule has 0 fully saturated rings. The molecule has 8 heteroatoms. The zero-order valence-corrected chi connectivity index (χ0v) is 16.1. The molecule has 1 aromatic heterocycles. The molecular formula is C20H20N4O3S. The summed E-state index contributed by atoms with van der Waals surface area (Å²) in [6, 6.07) is 13.7. The van der Waals surface area contributed by atoms with Crippen molar-refractivity contribution < 1.29 is 13.2 Å². The molecule has 3 aromatic rings. The van der Waals surface area contributed by atoms with Crippen molar-refractivity contribution in [2.24, 2.45) is 4.99 Å². The average molecular weight is 396 g/mol. The van der Waals surface area contributed by atoms with Crippen molar-refractivity contribution in [2.45, 2.75) is 24.7 Å². The minimum absolute atomic E-state index is 0.0792. The van der Waals surface area contributed by atoms with Crippen LogP contribution in [0.4, 0.5) is 5.69 Å². The summed E-state index contributed by atoms with van der Waals surface area (Å²) in [5.41, 5.74) is 2.58. The Kier molecular flexibility index (Phi) is 4.64. The number of aromatic nitrogens is 1. The summed E-state index contributed by atoms with van der Waals surface area (Å²) in [6.45, 7) is 2.47. The van der Waals surface area contributed by atoms with Gasteiger partial charge < -0.3 is 10.3 Å². The van der Waals surface area contributed by atoms with Crippen LogP contribution in [0.25, 0.3) is 10.9 Å². The third-order valence-corrected chi connectivity index (χ3v) is 6.03. The van der Waals surface area contributed by atoms with Gasteiger partial charge in [0.15, 0.2) is 0 Å². The van der Waals surface area contributed by atoms with Gasteiger partial charge in [0.1, 0.15) is 5.84 Å². The molecule has 0 radical (unpaired) electrons. The molecule has 0 aliphatic carbocycles. The zero-order chi connectivity index (χ0) is 19.7. The highest BCUT2D eigenvalue weighted by atomic mass is 32.2. The van der Waals surface area contributed by atoms with Gasteiger partial charge in [-0.25, -0.2) is 8.42 Å². The molecule has 0 bridgehead atoms. The van der Waals surface area contributed by atoms with Crippen molar-refractivity contribution in [2.75, 3.05) is 11.9 Å². The van der Waals surface area contributed by atoms with Crippen molar-refractivity contribution in [3.05, 3.63) is 59.8 Å². The number of anilines is 1. The Balaban J connectivity index is 1.59. The first-order valence-electron chi connectivity index (χ1n) is 8.99. The molecule has 0 spiro atoms. The molecule has 1 aliphatic heterocycles. The van der Waals surface area contributed by atoms with Crippen LogP contribution >= 0.6 is 0 Å². The van der Waals surface area contributed by atoms with Gasteiger partial charge in [-0.3, -0.25) is 14.5 Å². The van der Waals surface area contributed by atoms with Gasteiger partial charge in [-0.1, -0.05) is 24.3 Å². The second-order valence-corrected chi connectivity index (χ2v) is 8.37. The number of sulfonamides is 1. The van der Waals surface area contributed by atoms with Crippen LogP contribution in [-0.4, -0.2) is 31.7 Å². The van der Waals surface area contributed by atoms with Gasteiger partial charge in [-0.05, 0) is 37.6 Å². The lowest BCUT2D eigenvalue weighted by Gasteiger charge is -2.10. The summed E-state index contributed by atoms with van der Waals surface area (Å²) >= 11 is 0. The number of rotatable bonds is 4. The predicted octanol–water partition coefficient (Wildman–Crippen LogP) is 3.20. The van der Waals surface area contributed by atoms with E-state index in [1.54, 1.807) is 12.1 Å². The predicted molar refractivity (Wildman–Crippen MR) is 109 cm³/mol. The number of benzene rings is 2. The van der Waals surface area contributed by atoms with E-state index < -0.39 is 10.0 Å². The molecule has 2 aromatic carbocycles. The summed E-state index contributed by atoms with van der Waals surface area (Å²) in [4.78, 5) is 20.2. The zero-order valence-electron chi connectivity index (χ0n) is 15.3. The molecule has 1 aliphatic rings. The number of fused-ring (bicyclic) bond motifs is 1. The summed E-state index contributed by atoms with van der Waals surface area (Å²) < 4.78 is 27.7. The normalized spacial score (nSPS) is 14.1. The van der Waals surface area contributed by atoms with E-state index in [4.69, 9.17) is 0 Å². The number of hydrogen-bond acceptors (Lipinski definition) is 4. The monoisotopic (exact) mass is 396 g/mol. The quantitative estimate of drug-likeness (QED) is 0.631. The van der Waals surface area contributed by atoms with Crippen LogP contribution in [0.1, 0.15) is 28.9 Å². The van der Waals surface area contributed by atoms with Gasteiger partial charge in [-0.2, -0.15) is 0 Å². The largest absolute Gasteiger partial charge is 0.358 e. The number of aryl methyl sites for hydroxylation is 1. The Morgan fingerprint density at radius 3 is 2.75 bits per heavy atom. The maximum absolute atomic E-state index is 12.8. The second-order valence-electron chi connectivity index (χ2n) is 6.69. The molecule has 28 heavy (non-hydrogen) atoms. The van der Waals surface area contributed by atoms with Crippen molar-refractivity contribution in [3.63, 3.8) is 0 Å². The number of hydrogen-bond donors (Lipinski definition) is 3. The second kappa shape index (κ2) is 7.12. The van der Waals surface area contributed by atoms with Gasteiger partial charge in [0, 0.05) is 35.2 Å². The molecule has 2 heterocycles. The summed E-state index contributed by atoms with van der Waals surface area (Å²) in [5, 5.41) is 3.62. The van der Waals surface area contributed by atoms with E-state index in [0.717, 1.165) is 23.0 Å². The lowest BCUT2D eigenvalue weighted by atomic mass is 10.1. The number of para-hydroxylation sites is 1. The van der Waals surface area contributed by atoms with Crippen LogP contribution in [0.2, 0.25) is 0 Å². The van der Waals surface area contributed by atoms with Crippen molar-refractivity contribution in [1.82, 2.24) is 9.71 Å². The Labute approximate surface area is 162 Å². The highest BCUT2D eigenvalue weighted by Gasteiger charge is 2.20. The first-order chi connectivity index (χ1) is 13.4. The van der Waals surface area contributed by atoms with Gasteiger partial charge in [-0.15, -0.1) is 0 Å². The number of amides is 1. The van der Waals surface area contributed by atoms with Gasteiger partial charge >= 0.3 is 0 Å². The third kappa shape index (κ3) is 3.50. The summed E-state index contributed by atoms with van der Waals surface area (Å²) in [7, 11) is -3.74. The fourth-order valence-electron chi connectivity index (χ4n) is 3.34. The Morgan fingerprint density at radius 2 is 1.96 bits per heavy atom. The minimum atomic E-state index is -3.74. The molecule has 1 amide bonds. The molecule has 0 unspecified atom stereocenters. The van der Waals surface area contributed by atoms with Crippen LogP contribution in [-0.2, 0) is 10.0 Å². The molecule has 3 N–H and O–H groups in total. The first kappa shape index (κ1) is 18.2. The topological polar surface area (TPSA) is 103 Å². The van der Waals surface area contributed by atoms with E-state index >= 15 is 0 Å². The number of aromatic amines is 1. The van der Waals surface area contributed by atoms with Crippen LogP contribution < -0.4 is 10.0 Å². The van der Waals surface area contributed by atoms with Gasteiger partial charge in [0.25, 0.3) is 15.9 Å². The first-order valence-corrected chi connectivity index (χ1v) is 10.5. The summed E-state index contributed by atoms with van der Waals surface area (Å²) in [5.74, 6) is 0.182. The molecular weight excluding hydrogens is 376 g/mol. The highest BCUT2D eigenvalue weighted by Crippen LogP contribution is 2.24. The molecule has 144 valence electrons. The number of amidine groups is 1. The van der Waals surface area contributed by atoms with Crippen molar-refractivity contribution in [3.8, 4) is 0 Å². The molecule has 4 rings (SSSR count).